The third kappa shape index (κ3) is 2.36. The first-order chi connectivity index (χ1) is 9.39. The minimum Gasteiger partial charge on any atom is -0.399 e. The molecular weight excluding hydrogens is 249 g/mol. The number of hydrogen-bond acceptors (Lipinski definition) is 3. The lowest BCUT2D eigenvalue weighted by Crippen LogP contribution is -2.41. The number of rotatable bonds is 2. The molecule has 0 radical (unpaired) electrons. The highest BCUT2D eigenvalue weighted by molar-refractivity contribution is 6.62. The summed E-state index contributed by atoms with van der Waals surface area (Å²) >= 11 is 0. The highest BCUT2D eigenvalue weighted by Crippen LogP contribution is 2.36. The molecule has 3 rings (SSSR count). The third-order valence-corrected chi connectivity index (χ3v) is 4.89. The van der Waals surface area contributed by atoms with E-state index in [1.165, 1.54) is 31.6 Å². The van der Waals surface area contributed by atoms with Gasteiger partial charge in [0.2, 0.25) is 0 Å². The molecule has 0 spiro atoms. The van der Waals surface area contributed by atoms with Crippen molar-refractivity contribution in [3.05, 3.63) is 24.3 Å². The number of benzene rings is 1. The summed E-state index contributed by atoms with van der Waals surface area (Å²) in [5.74, 6) is 0. The lowest BCUT2D eigenvalue weighted by Gasteiger charge is -2.32. The molecule has 2 aliphatic rings. The van der Waals surface area contributed by atoms with Crippen LogP contribution in [0, 0.1) is 0 Å². The van der Waals surface area contributed by atoms with Gasteiger partial charge in [0.25, 0.3) is 0 Å². The Morgan fingerprint density at radius 2 is 1.40 bits per heavy atom. The van der Waals surface area contributed by atoms with Crippen LogP contribution in [0.25, 0.3) is 0 Å². The maximum atomic E-state index is 6.08. The van der Waals surface area contributed by atoms with Crippen LogP contribution in [0.2, 0.25) is 0 Å². The van der Waals surface area contributed by atoms with Crippen LogP contribution in [0.5, 0.6) is 0 Å². The Morgan fingerprint density at radius 1 is 0.900 bits per heavy atom. The zero-order valence-electron chi connectivity index (χ0n) is 13.0. The van der Waals surface area contributed by atoms with Gasteiger partial charge in [0.1, 0.15) is 0 Å². The summed E-state index contributed by atoms with van der Waals surface area (Å²) in [6.07, 6.45) is 2.61. The fourth-order valence-corrected chi connectivity index (χ4v) is 2.80. The molecule has 0 atom stereocenters. The van der Waals surface area contributed by atoms with Crippen LogP contribution in [-0.2, 0) is 9.31 Å². The Hall–Kier alpha value is -0.995. The fourth-order valence-electron chi connectivity index (χ4n) is 2.80. The first-order valence-corrected chi connectivity index (χ1v) is 7.60. The molecule has 0 unspecified atom stereocenters. The monoisotopic (exact) mass is 273 g/mol. The number of anilines is 1. The quantitative estimate of drug-likeness (QED) is 0.773. The van der Waals surface area contributed by atoms with E-state index in [9.17, 15) is 0 Å². The van der Waals surface area contributed by atoms with Crippen LogP contribution < -0.4 is 10.4 Å². The Kier molecular flexibility index (Phi) is 3.34. The molecule has 4 heteroatoms. The molecule has 0 aromatic heterocycles. The molecule has 2 saturated heterocycles. The molecule has 2 aliphatic heterocycles. The highest BCUT2D eigenvalue weighted by atomic mass is 16.7. The second kappa shape index (κ2) is 4.78. The van der Waals surface area contributed by atoms with Gasteiger partial charge in [0, 0.05) is 18.8 Å². The molecule has 2 fully saturated rings. The van der Waals surface area contributed by atoms with Crippen LogP contribution in [0.1, 0.15) is 40.5 Å². The highest BCUT2D eigenvalue weighted by Gasteiger charge is 2.51. The Balaban J connectivity index is 1.75. The summed E-state index contributed by atoms with van der Waals surface area (Å²) in [5, 5.41) is 0. The van der Waals surface area contributed by atoms with Crippen LogP contribution in [0.15, 0.2) is 24.3 Å². The number of hydrogen-bond donors (Lipinski definition) is 0. The molecule has 108 valence electrons. The van der Waals surface area contributed by atoms with Crippen molar-refractivity contribution in [2.45, 2.75) is 51.7 Å². The molecular formula is C16H24BNO2. The summed E-state index contributed by atoms with van der Waals surface area (Å²) < 4.78 is 12.2. The van der Waals surface area contributed by atoms with Gasteiger partial charge in [-0.05, 0) is 58.1 Å². The maximum Gasteiger partial charge on any atom is 0.494 e. The van der Waals surface area contributed by atoms with E-state index in [1.54, 1.807) is 0 Å². The lowest BCUT2D eigenvalue weighted by atomic mass is 9.79. The summed E-state index contributed by atoms with van der Waals surface area (Å²) in [5.41, 5.74) is 1.87. The van der Waals surface area contributed by atoms with E-state index in [4.69, 9.17) is 9.31 Å². The minimum absolute atomic E-state index is 0.257. The molecule has 1 aromatic rings. The van der Waals surface area contributed by atoms with Crippen LogP contribution in [0.3, 0.4) is 0 Å². The molecule has 1 aromatic carbocycles. The molecule has 3 nitrogen and oxygen atoms in total. The molecule has 20 heavy (non-hydrogen) atoms. The zero-order chi connectivity index (χ0) is 14.4. The van der Waals surface area contributed by atoms with Gasteiger partial charge < -0.3 is 14.2 Å². The average Bonchev–Trinajstić information content (AvgIpc) is 2.97. The van der Waals surface area contributed by atoms with Gasteiger partial charge in [-0.2, -0.15) is 0 Å². The zero-order valence-corrected chi connectivity index (χ0v) is 13.0. The Bertz CT molecular complexity index is 462. The first-order valence-electron chi connectivity index (χ1n) is 7.60. The molecule has 0 amide bonds. The second-order valence-corrected chi connectivity index (χ2v) is 6.87. The summed E-state index contributed by atoms with van der Waals surface area (Å²) in [6.45, 7) is 10.7. The first kappa shape index (κ1) is 14.0. The smallest absolute Gasteiger partial charge is 0.399 e. The Morgan fingerprint density at radius 3 is 1.90 bits per heavy atom. The van der Waals surface area contributed by atoms with Crippen LogP contribution in [-0.4, -0.2) is 31.4 Å². The van der Waals surface area contributed by atoms with Crippen molar-refractivity contribution in [1.82, 2.24) is 0 Å². The van der Waals surface area contributed by atoms with Gasteiger partial charge in [-0.15, -0.1) is 0 Å². The van der Waals surface area contributed by atoms with Gasteiger partial charge in [-0.1, -0.05) is 12.1 Å². The largest absolute Gasteiger partial charge is 0.494 e. The molecule has 0 aliphatic carbocycles. The molecule has 0 saturated carbocycles. The normalized spacial score (nSPS) is 24.4. The summed E-state index contributed by atoms with van der Waals surface area (Å²) in [7, 11) is -0.257. The van der Waals surface area contributed by atoms with E-state index in [2.05, 4.69) is 56.9 Å². The van der Waals surface area contributed by atoms with Crippen molar-refractivity contribution >= 4 is 18.3 Å². The van der Waals surface area contributed by atoms with Crippen molar-refractivity contribution in [2.24, 2.45) is 0 Å². The van der Waals surface area contributed by atoms with Gasteiger partial charge in [0.05, 0.1) is 11.2 Å². The average molecular weight is 273 g/mol. The predicted octanol–water partition coefficient (Wildman–Crippen LogP) is 2.59. The van der Waals surface area contributed by atoms with Gasteiger partial charge in [-0.3, -0.25) is 0 Å². The van der Waals surface area contributed by atoms with Crippen molar-refractivity contribution in [3.8, 4) is 0 Å². The van der Waals surface area contributed by atoms with E-state index < -0.39 is 0 Å². The van der Waals surface area contributed by atoms with Crippen molar-refractivity contribution in [3.63, 3.8) is 0 Å². The lowest BCUT2D eigenvalue weighted by molar-refractivity contribution is 0.00578. The summed E-state index contributed by atoms with van der Waals surface area (Å²) in [6, 6.07) is 8.64. The fraction of sp³-hybridized carbons (Fsp3) is 0.625. The van der Waals surface area contributed by atoms with E-state index in [-0.39, 0.29) is 18.3 Å². The SMILES string of the molecule is CC1(C)OB(c2ccc(N3CCCC3)cc2)OC1(C)C. The summed E-state index contributed by atoms with van der Waals surface area (Å²) in [4.78, 5) is 2.44. The van der Waals surface area contributed by atoms with E-state index >= 15 is 0 Å². The van der Waals surface area contributed by atoms with Gasteiger partial charge >= 0.3 is 7.12 Å². The van der Waals surface area contributed by atoms with Crippen molar-refractivity contribution < 1.29 is 9.31 Å². The van der Waals surface area contributed by atoms with Crippen molar-refractivity contribution in [1.29, 1.82) is 0 Å². The third-order valence-electron chi connectivity index (χ3n) is 4.89. The van der Waals surface area contributed by atoms with Gasteiger partial charge in [-0.25, -0.2) is 0 Å². The van der Waals surface area contributed by atoms with Crippen LogP contribution >= 0.6 is 0 Å². The number of nitrogens with zero attached hydrogens (tertiary/aromatic N) is 1. The minimum atomic E-state index is -0.273. The van der Waals surface area contributed by atoms with Crippen molar-refractivity contribution in [2.75, 3.05) is 18.0 Å². The maximum absolute atomic E-state index is 6.08. The topological polar surface area (TPSA) is 21.7 Å². The van der Waals surface area contributed by atoms with E-state index in [0.29, 0.717) is 0 Å². The van der Waals surface area contributed by atoms with Crippen LogP contribution in [0.4, 0.5) is 5.69 Å². The molecule has 0 bridgehead atoms. The van der Waals surface area contributed by atoms with E-state index in [1.807, 2.05) is 0 Å². The second-order valence-electron chi connectivity index (χ2n) is 6.87. The standard InChI is InChI=1S/C16H24BNO2/c1-15(2)16(3,4)20-17(19-15)13-7-9-14(10-8-13)18-11-5-6-12-18/h7-10H,5-6,11-12H2,1-4H3. The Labute approximate surface area is 122 Å². The molecule has 0 N–H and O–H groups in total. The van der Waals surface area contributed by atoms with Gasteiger partial charge in [0.15, 0.2) is 0 Å². The van der Waals surface area contributed by atoms with E-state index in [0.717, 1.165) is 5.46 Å². The predicted molar refractivity (Wildman–Crippen MR) is 83.6 cm³/mol. The molecule has 2 heterocycles.